The van der Waals surface area contributed by atoms with Gasteiger partial charge in [-0.3, -0.25) is 4.79 Å². The van der Waals surface area contributed by atoms with Crippen molar-refractivity contribution in [2.75, 3.05) is 20.2 Å². The number of carbonyl (C=O) groups is 1. The number of amides is 1. The standard InChI is InChI=1S/C11H16N2O2/c1-8-7-9(3-4-10(8)15-2)11(14)13-6-5-12/h3-4,7H,5-6,12H2,1-2H3,(H,13,14). The summed E-state index contributed by atoms with van der Waals surface area (Å²) in [5.74, 6) is 0.677. The first-order chi connectivity index (χ1) is 7.19. The Morgan fingerprint density at radius 3 is 2.80 bits per heavy atom. The lowest BCUT2D eigenvalue weighted by atomic mass is 10.1. The van der Waals surface area contributed by atoms with Gasteiger partial charge in [0.1, 0.15) is 5.75 Å². The third-order valence-corrected chi connectivity index (χ3v) is 2.09. The fraction of sp³-hybridized carbons (Fsp3) is 0.364. The van der Waals surface area contributed by atoms with Crippen molar-refractivity contribution in [1.82, 2.24) is 5.32 Å². The molecular formula is C11H16N2O2. The predicted molar refractivity (Wildman–Crippen MR) is 59.1 cm³/mol. The second-order valence-electron chi connectivity index (χ2n) is 3.23. The van der Waals surface area contributed by atoms with Gasteiger partial charge in [0.05, 0.1) is 7.11 Å². The molecular weight excluding hydrogens is 192 g/mol. The van der Waals surface area contributed by atoms with Crippen LogP contribution in [0.5, 0.6) is 5.75 Å². The van der Waals surface area contributed by atoms with Crippen molar-refractivity contribution in [3.05, 3.63) is 29.3 Å². The Bertz CT molecular complexity index is 350. The minimum atomic E-state index is -0.105. The van der Waals surface area contributed by atoms with Gasteiger partial charge in [0.2, 0.25) is 0 Å². The Morgan fingerprint density at radius 2 is 2.27 bits per heavy atom. The van der Waals surface area contributed by atoms with Gasteiger partial charge in [-0.15, -0.1) is 0 Å². The molecule has 0 heterocycles. The van der Waals surface area contributed by atoms with Crippen LogP contribution in [0.15, 0.2) is 18.2 Å². The van der Waals surface area contributed by atoms with Crippen LogP contribution < -0.4 is 15.8 Å². The normalized spacial score (nSPS) is 9.80. The number of rotatable bonds is 4. The lowest BCUT2D eigenvalue weighted by Gasteiger charge is -2.07. The maximum Gasteiger partial charge on any atom is 0.251 e. The van der Waals surface area contributed by atoms with E-state index in [0.717, 1.165) is 11.3 Å². The van der Waals surface area contributed by atoms with Crippen molar-refractivity contribution in [3.8, 4) is 5.75 Å². The van der Waals surface area contributed by atoms with E-state index in [1.54, 1.807) is 25.3 Å². The summed E-state index contributed by atoms with van der Waals surface area (Å²) < 4.78 is 5.11. The largest absolute Gasteiger partial charge is 0.496 e. The minimum absolute atomic E-state index is 0.105. The lowest BCUT2D eigenvalue weighted by molar-refractivity contribution is 0.0954. The van der Waals surface area contributed by atoms with Crippen molar-refractivity contribution < 1.29 is 9.53 Å². The zero-order chi connectivity index (χ0) is 11.3. The summed E-state index contributed by atoms with van der Waals surface area (Å²) in [6.07, 6.45) is 0. The summed E-state index contributed by atoms with van der Waals surface area (Å²) in [4.78, 5) is 11.5. The van der Waals surface area contributed by atoms with Gasteiger partial charge in [-0.1, -0.05) is 0 Å². The van der Waals surface area contributed by atoms with Crippen LogP contribution in [0.25, 0.3) is 0 Å². The van der Waals surface area contributed by atoms with Crippen LogP contribution in [-0.2, 0) is 0 Å². The maximum atomic E-state index is 11.5. The third-order valence-electron chi connectivity index (χ3n) is 2.09. The van der Waals surface area contributed by atoms with Crippen LogP contribution in [0.3, 0.4) is 0 Å². The predicted octanol–water partition coefficient (Wildman–Crippen LogP) is 0.692. The summed E-state index contributed by atoms with van der Waals surface area (Å²) in [6.45, 7) is 2.84. The first-order valence-corrected chi connectivity index (χ1v) is 4.82. The van der Waals surface area contributed by atoms with Crippen LogP contribution in [0.4, 0.5) is 0 Å². The Hall–Kier alpha value is -1.55. The molecule has 0 saturated heterocycles. The van der Waals surface area contributed by atoms with Gasteiger partial charge >= 0.3 is 0 Å². The third kappa shape index (κ3) is 2.95. The van der Waals surface area contributed by atoms with Crippen molar-refractivity contribution in [2.24, 2.45) is 5.73 Å². The molecule has 0 atom stereocenters. The molecule has 0 fully saturated rings. The second kappa shape index (κ2) is 5.36. The van der Waals surface area contributed by atoms with Crippen LogP contribution in [0, 0.1) is 6.92 Å². The average molecular weight is 208 g/mol. The average Bonchev–Trinajstić information content (AvgIpc) is 2.25. The number of nitrogens with two attached hydrogens (primary N) is 1. The zero-order valence-corrected chi connectivity index (χ0v) is 9.04. The van der Waals surface area contributed by atoms with E-state index in [1.807, 2.05) is 6.92 Å². The molecule has 3 N–H and O–H groups in total. The topological polar surface area (TPSA) is 64.3 Å². The smallest absolute Gasteiger partial charge is 0.251 e. The Morgan fingerprint density at radius 1 is 1.53 bits per heavy atom. The van der Waals surface area contributed by atoms with E-state index < -0.39 is 0 Å². The number of carbonyl (C=O) groups excluding carboxylic acids is 1. The van der Waals surface area contributed by atoms with E-state index in [1.165, 1.54) is 0 Å². The minimum Gasteiger partial charge on any atom is -0.496 e. The van der Waals surface area contributed by atoms with E-state index >= 15 is 0 Å². The van der Waals surface area contributed by atoms with E-state index in [9.17, 15) is 4.79 Å². The van der Waals surface area contributed by atoms with Crippen molar-refractivity contribution in [3.63, 3.8) is 0 Å². The number of nitrogens with one attached hydrogen (secondary N) is 1. The molecule has 4 heteroatoms. The van der Waals surface area contributed by atoms with E-state index in [0.29, 0.717) is 18.7 Å². The molecule has 15 heavy (non-hydrogen) atoms. The molecule has 0 aliphatic carbocycles. The second-order valence-corrected chi connectivity index (χ2v) is 3.23. The summed E-state index contributed by atoms with van der Waals surface area (Å²) in [5.41, 5.74) is 6.86. The molecule has 1 amide bonds. The fourth-order valence-electron chi connectivity index (χ4n) is 1.31. The molecule has 0 aliphatic rings. The Kier molecular flexibility index (Phi) is 4.12. The number of ether oxygens (including phenoxy) is 1. The first kappa shape index (κ1) is 11.5. The molecule has 4 nitrogen and oxygen atoms in total. The highest BCUT2D eigenvalue weighted by Gasteiger charge is 2.06. The van der Waals surface area contributed by atoms with E-state index in [2.05, 4.69) is 5.32 Å². The highest BCUT2D eigenvalue weighted by Crippen LogP contribution is 2.18. The number of aryl methyl sites for hydroxylation is 1. The first-order valence-electron chi connectivity index (χ1n) is 4.82. The quantitative estimate of drug-likeness (QED) is 0.765. The van der Waals surface area contributed by atoms with Gasteiger partial charge in [-0.2, -0.15) is 0 Å². The molecule has 1 rings (SSSR count). The summed E-state index contributed by atoms with van der Waals surface area (Å²) in [7, 11) is 1.61. The lowest BCUT2D eigenvalue weighted by Crippen LogP contribution is -2.28. The highest BCUT2D eigenvalue weighted by atomic mass is 16.5. The molecule has 0 unspecified atom stereocenters. The number of hydrogen-bond donors (Lipinski definition) is 2. The number of hydrogen-bond acceptors (Lipinski definition) is 3. The van der Waals surface area contributed by atoms with Gasteiger partial charge < -0.3 is 15.8 Å². The van der Waals surface area contributed by atoms with Gasteiger partial charge in [0, 0.05) is 18.7 Å². The molecule has 0 saturated carbocycles. The molecule has 0 radical (unpaired) electrons. The summed E-state index contributed by atoms with van der Waals surface area (Å²) >= 11 is 0. The van der Waals surface area contributed by atoms with Crippen LogP contribution in [0.1, 0.15) is 15.9 Å². The summed E-state index contributed by atoms with van der Waals surface area (Å²) in [5, 5.41) is 2.71. The molecule has 1 aromatic rings. The number of methoxy groups -OCH3 is 1. The molecule has 82 valence electrons. The Balaban J connectivity index is 2.78. The molecule has 0 aromatic heterocycles. The van der Waals surface area contributed by atoms with Gasteiger partial charge in [0.15, 0.2) is 0 Å². The zero-order valence-electron chi connectivity index (χ0n) is 9.04. The maximum absolute atomic E-state index is 11.5. The van der Waals surface area contributed by atoms with Crippen molar-refractivity contribution in [2.45, 2.75) is 6.92 Å². The van der Waals surface area contributed by atoms with Gasteiger partial charge in [-0.25, -0.2) is 0 Å². The van der Waals surface area contributed by atoms with Crippen LogP contribution in [-0.4, -0.2) is 26.1 Å². The van der Waals surface area contributed by atoms with Crippen LogP contribution in [0.2, 0.25) is 0 Å². The van der Waals surface area contributed by atoms with Crippen LogP contribution >= 0.6 is 0 Å². The molecule has 0 bridgehead atoms. The van der Waals surface area contributed by atoms with E-state index in [-0.39, 0.29) is 5.91 Å². The van der Waals surface area contributed by atoms with Gasteiger partial charge in [-0.05, 0) is 30.7 Å². The van der Waals surface area contributed by atoms with Gasteiger partial charge in [0.25, 0.3) is 5.91 Å². The van der Waals surface area contributed by atoms with Crippen molar-refractivity contribution in [1.29, 1.82) is 0 Å². The van der Waals surface area contributed by atoms with E-state index in [4.69, 9.17) is 10.5 Å². The number of benzene rings is 1. The molecule has 1 aromatic carbocycles. The fourth-order valence-corrected chi connectivity index (χ4v) is 1.31. The summed E-state index contributed by atoms with van der Waals surface area (Å²) in [6, 6.07) is 5.31. The highest BCUT2D eigenvalue weighted by molar-refractivity contribution is 5.94. The monoisotopic (exact) mass is 208 g/mol. The van der Waals surface area contributed by atoms with Crippen molar-refractivity contribution >= 4 is 5.91 Å². The molecule has 0 aliphatic heterocycles. The molecule has 0 spiro atoms. The Labute approximate surface area is 89.4 Å². The SMILES string of the molecule is COc1ccc(C(=O)NCCN)cc1C.